The van der Waals surface area contributed by atoms with E-state index in [1.807, 2.05) is 0 Å². The molecule has 2 rings (SSSR count). The zero-order valence-corrected chi connectivity index (χ0v) is 9.53. The lowest BCUT2D eigenvalue weighted by molar-refractivity contribution is -0.121. The summed E-state index contributed by atoms with van der Waals surface area (Å²) in [7, 11) is 0. The van der Waals surface area contributed by atoms with Crippen LogP contribution in [0.1, 0.15) is 12.0 Å². The molecule has 0 radical (unpaired) electrons. The van der Waals surface area contributed by atoms with Crippen LogP contribution >= 0.6 is 11.8 Å². The van der Waals surface area contributed by atoms with Crippen molar-refractivity contribution >= 4 is 17.5 Å². The van der Waals surface area contributed by atoms with Crippen molar-refractivity contribution in [1.29, 1.82) is 0 Å². The van der Waals surface area contributed by atoms with Crippen molar-refractivity contribution in [3.05, 3.63) is 35.4 Å². The predicted octanol–water partition coefficient (Wildman–Crippen LogP) is 2.83. The first-order valence-electron chi connectivity index (χ1n) is 5.20. The molecule has 1 aromatic carbocycles. The topological polar surface area (TPSA) is 17.1 Å². The van der Waals surface area contributed by atoms with Crippen molar-refractivity contribution in [3.8, 4) is 0 Å². The Bertz CT molecular complexity index is 380. The molecule has 1 aliphatic heterocycles. The number of thioether (sulfide) groups is 1. The van der Waals surface area contributed by atoms with E-state index >= 15 is 0 Å². The lowest BCUT2D eigenvalue weighted by atomic mass is 9.97. The molecule has 16 heavy (non-hydrogen) atoms. The third kappa shape index (κ3) is 2.82. The SMILES string of the molecule is O=C(Cc1cc(F)cc(F)c1)C1CCSC1. The Labute approximate surface area is 97.2 Å². The van der Waals surface area contributed by atoms with Crippen LogP contribution in [0.15, 0.2) is 18.2 Å². The fourth-order valence-electron chi connectivity index (χ4n) is 1.85. The molecule has 0 spiro atoms. The van der Waals surface area contributed by atoms with Crippen molar-refractivity contribution in [1.82, 2.24) is 0 Å². The van der Waals surface area contributed by atoms with Gasteiger partial charge in [-0.2, -0.15) is 11.8 Å². The Hall–Kier alpha value is -0.900. The van der Waals surface area contributed by atoms with Crippen LogP contribution in [0.25, 0.3) is 0 Å². The molecular formula is C12H12F2OS. The van der Waals surface area contributed by atoms with Gasteiger partial charge < -0.3 is 0 Å². The molecule has 1 unspecified atom stereocenters. The van der Waals surface area contributed by atoms with Crippen LogP contribution in [-0.2, 0) is 11.2 Å². The fraction of sp³-hybridized carbons (Fsp3) is 0.417. The highest BCUT2D eigenvalue weighted by Crippen LogP contribution is 2.25. The van der Waals surface area contributed by atoms with Crippen LogP contribution < -0.4 is 0 Å². The zero-order valence-electron chi connectivity index (χ0n) is 8.71. The summed E-state index contributed by atoms with van der Waals surface area (Å²) in [6, 6.07) is 3.27. The molecule has 1 saturated heterocycles. The predicted molar refractivity (Wildman–Crippen MR) is 60.5 cm³/mol. The van der Waals surface area contributed by atoms with E-state index in [-0.39, 0.29) is 18.1 Å². The van der Waals surface area contributed by atoms with E-state index in [1.165, 1.54) is 12.1 Å². The van der Waals surface area contributed by atoms with Crippen molar-refractivity contribution < 1.29 is 13.6 Å². The second kappa shape index (κ2) is 4.95. The molecule has 0 saturated carbocycles. The van der Waals surface area contributed by atoms with Gasteiger partial charge in [-0.1, -0.05) is 0 Å². The second-order valence-electron chi connectivity index (χ2n) is 3.98. The monoisotopic (exact) mass is 242 g/mol. The summed E-state index contributed by atoms with van der Waals surface area (Å²) in [6.07, 6.45) is 1.03. The van der Waals surface area contributed by atoms with Crippen LogP contribution in [0.5, 0.6) is 0 Å². The van der Waals surface area contributed by atoms with E-state index < -0.39 is 11.6 Å². The van der Waals surface area contributed by atoms with Gasteiger partial charge in [0.1, 0.15) is 17.4 Å². The van der Waals surface area contributed by atoms with E-state index in [2.05, 4.69) is 0 Å². The van der Waals surface area contributed by atoms with Gasteiger partial charge in [0.2, 0.25) is 0 Å². The first-order chi connectivity index (χ1) is 7.65. The van der Waals surface area contributed by atoms with E-state index in [0.717, 1.165) is 24.0 Å². The molecule has 0 N–H and O–H groups in total. The van der Waals surface area contributed by atoms with Gasteiger partial charge in [0.15, 0.2) is 0 Å². The molecule has 0 amide bonds. The maximum atomic E-state index is 12.9. The first kappa shape index (κ1) is 11.6. The number of hydrogen-bond acceptors (Lipinski definition) is 2. The molecule has 1 fully saturated rings. The Morgan fingerprint density at radius 3 is 2.56 bits per heavy atom. The zero-order chi connectivity index (χ0) is 11.5. The van der Waals surface area contributed by atoms with Crippen LogP contribution in [0.2, 0.25) is 0 Å². The molecule has 1 atom stereocenters. The molecule has 0 bridgehead atoms. The van der Waals surface area contributed by atoms with Gasteiger partial charge in [-0.25, -0.2) is 8.78 Å². The maximum Gasteiger partial charge on any atom is 0.141 e. The second-order valence-corrected chi connectivity index (χ2v) is 5.13. The minimum absolute atomic E-state index is 0.0660. The lowest BCUT2D eigenvalue weighted by Crippen LogP contribution is -2.16. The summed E-state index contributed by atoms with van der Waals surface area (Å²) in [5.74, 6) is 0.767. The van der Waals surface area contributed by atoms with Gasteiger partial charge in [0.25, 0.3) is 0 Å². The van der Waals surface area contributed by atoms with Gasteiger partial charge in [-0.3, -0.25) is 4.79 Å². The number of rotatable bonds is 3. The number of benzene rings is 1. The highest BCUT2D eigenvalue weighted by atomic mass is 32.2. The smallest absolute Gasteiger partial charge is 0.141 e. The van der Waals surface area contributed by atoms with E-state index in [0.29, 0.717) is 5.56 Å². The highest BCUT2D eigenvalue weighted by molar-refractivity contribution is 7.99. The van der Waals surface area contributed by atoms with Crippen LogP contribution in [0, 0.1) is 17.6 Å². The van der Waals surface area contributed by atoms with Gasteiger partial charge in [-0.05, 0) is 29.9 Å². The van der Waals surface area contributed by atoms with Gasteiger partial charge in [-0.15, -0.1) is 0 Å². The fourth-order valence-corrected chi connectivity index (χ4v) is 3.10. The summed E-state index contributed by atoms with van der Waals surface area (Å²) in [5, 5.41) is 0. The van der Waals surface area contributed by atoms with Crippen LogP contribution in [0.3, 0.4) is 0 Å². The average Bonchev–Trinajstić information content (AvgIpc) is 2.68. The first-order valence-corrected chi connectivity index (χ1v) is 6.36. The molecule has 1 aliphatic rings. The molecule has 0 aromatic heterocycles. The molecule has 1 heterocycles. The molecule has 86 valence electrons. The number of ketones is 1. The largest absolute Gasteiger partial charge is 0.299 e. The number of carbonyl (C=O) groups is 1. The van der Waals surface area contributed by atoms with Gasteiger partial charge in [0, 0.05) is 24.2 Å². The normalized spacial score (nSPS) is 20.0. The standard InChI is InChI=1S/C12H12F2OS/c13-10-3-8(4-11(14)6-10)5-12(15)9-1-2-16-7-9/h3-4,6,9H,1-2,5,7H2. The third-order valence-corrected chi connectivity index (χ3v) is 3.85. The minimum Gasteiger partial charge on any atom is -0.299 e. The number of halogens is 2. The number of Topliss-reactive ketones (excluding diaryl/α,β-unsaturated/α-hetero) is 1. The van der Waals surface area contributed by atoms with Gasteiger partial charge >= 0.3 is 0 Å². The van der Waals surface area contributed by atoms with E-state index in [1.54, 1.807) is 11.8 Å². The van der Waals surface area contributed by atoms with Crippen molar-refractivity contribution in [2.24, 2.45) is 5.92 Å². The summed E-state index contributed by atoms with van der Waals surface area (Å²) >= 11 is 1.76. The quantitative estimate of drug-likeness (QED) is 0.810. The van der Waals surface area contributed by atoms with Crippen molar-refractivity contribution in [2.45, 2.75) is 12.8 Å². The van der Waals surface area contributed by atoms with E-state index in [4.69, 9.17) is 0 Å². The Morgan fingerprint density at radius 1 is 1.31 bits per heavy atom. The minimum atomic E-state index is -0.622. The molecule has 0 aliphatic carbocycles. The Balaban J connectivity index is 2.05. The number of hydrogen-bond donors (Lipinski definition) is 0. The summed E-state index contributed by atoms with van der Waals surface area (Å²) in [4.78, 5) is 11.8. The molecule has 1 nitrogen and oxygen atoms in total. The Kier molecular flexibility index (Phi) is 3.59. The molecule has 4 heteroatoms. The van der Waals surface area contributed by atoms with Crippen molar-refractivity contribution in [3.63, 3.8) is 0 Å². The number of carbonyl (C=O) groups excluding carboxylic acids is 1. The van der Waals surface area contributed by atoms with E-state index in [9.17, 15) is 13.6 Å². The molecule has 1 aromatic rings. The third-order valence-electron chi connectivity index (χ3n) is 2.69. The molecular weight excluding hydrogens is 230 g/mol. The summed E-state index contributed by atoms with van der Waals surface area (Å²) < 4.78 is 25.8. The van der Waals surface area contributed by atoms with Gasteiger partial charge in [0.05, 0.1) is 0 Å². The van der Waals surface area contributed by atoms with Crippen LogP contribution in [0.4, 0.5) is 8.78 Å². The highest BCUT2D eigenvalue weighted by Gasteiger charge is 2.23. The summed E-state index contributed by atoms with van der Waals surface area (Å²) in [5.41, 5.74) is 0.430. The van der Waals surface area contributed by atoms with Crippen LogP contribution in [-0.4, -0.2) is 17.3 Å². The Morgan fingerprint density at radius 2 is 2.00 bits per heavy atom. The maximum absolute atomic E-state index is 12.9. The summed E-state index contributed by atoms with van der Waals surface area (Å²) in [6.45, 7) is 0. The average molecular weight is 242 g/mol. The lowest BCUT2D eigenvalue weighted by Gasteiger charge is -2.07. The van der Waals surface area contributed by atoms with Crippen molar-refractivity contribution in [2.75, 3.05) is 11.5 Å².